The zero-order valence-electron chi connectivity index (χ0n) is 19.1. The number of nitrogens with zero attached hydrogens (tertiary/aromatic N) is 4. The first-order chi connectivity index (χ1) is 17.4. The average molecular weight is 519 g/mol. The maximum atomic E-state index is 13.3. The van der Waals surface area contributed by atoms with E-state index in [1.165, 1.54) is 4.68 Å². The lowest BCUT2D eigenvalue weighted by molar-refractivity contribution is 0.0953. The highest BCUT2D eigenvalue weighted by atomic mass is 35.5. The topological polar surface area (TPSA) is 107 Å². The van der Waals surface area contributed by atoms with Gasteiger partial charge in [0.25, 0.3) is 5.91 Å². The second kappa shape index (κ2) is 9.85. The third kappa shape index (κ3) is 4.56. The van der Waals surface area contributed by atoms with Crippen molar-refractivity contribution in [1.29, 1.82) is 0 Å². The van der Waals surface area contributed by atoms with Gasteiger partial charge >= 0.3 is 0 Å². The molecular weight excluding hydrogens is 499 g/mol. The van der Waals surface area contributed by atoms with Crippen molar-refractivity contribution in [2.24, 2.45) is 5.10 Å². The quantitative estimate of drug-likeness (QED) is 0.296. The van der Waals surface area contributed by atoms with Crippen LogP contribution in [-0.4, -0.2) is 33.9 Å². The zero-order valence-corrected chi connectivity index (χ0v) is 20.6. The van der Waals surface area contributed by atoms with Crippen LogP contribution in [0.1, 0.15) is 21.5 Å². The van der Waals surface area contributed by atoms with Crippen LogP contribution in [-0.2, 0) is 6.54 Å². The molecule has 5 aromatic rings. The number of hydrogen-bond donors (Lipinski definition) is 2. The van der Waals surface area contributed by atoms with Gasteiger partial charge in [-0.2, -0.15) is 9.78 Å². The lowest BCUT2D eigenvalue weighted by Crippen LogP contribution is -2.23. The first kappa shape index (κ1) is 23.6. The highest BCUT2D eigenvalue weighted by molar-refractivity contribution is 6.42. The van der Waals surface area contributed by atoms with E-state index in [1.54, 1.807) is 31.5 Å². The summed E-state index contributed by atoms with van der Waals surface area (Å²) in [5.74, 6) is 0.463. The van der Waals surface area contributed by atoms with Gasteiger partial charge in [0.1, 0.15) is 22.6 Å². The maximum Gasteiger partial charge on any atom is 0.257 e. The number of ether oxygens (including phenoxy) is 1. The van der Waals surface area contributed by atoms with Crippen molar-refractivity contribution in [1.82, 2.24) is 20.0 Å². The van der Waals surface area contributed by atoms with Crippen LogP contribution in [0.5, 0.6) is 5.75 Å². The zero-order chi connectivity index (χ0) is 25.2. The van der Waals surface area contributed by atoms with E-state index in [0.29, 0.717) is 44.4 Å². The molecule has 3 aromatic carbocycles. The number of carbonyl (C=O) groups is 1. The SMILES string of the molecule is COc1ccc(CNC(=O)c2c(N)n(N=Cc3ccc(Cl)c(Cl)c3)c3nc4ccccc4nc23)cc1. The summed E-state index contributed by atoms with van der Waals surface area (Å²) >= 11 is 12.1. The van der Waals surface area contributed by atoms with Crippen molar-refractivity contribution in [2.75, 3.05) is 12.8 Å². The molecule has 2 aromatic heterocycles. The van der Waals surface area contributed by atoms with E-state index in [0.717, 1.165) is 11.3 Å². The number of nitrogens with one attached hydrogen (secondary N) is 1. The third-order valence-electron chi connectivity index (χ3n) is 5.58. The Kier molecular flexibility index (Phi) is 6.45. The Morgan fingerprint density at radius 2 is 1.78 bits per heavy atom. The van der Waals surface area contributed by atoms with Crippen LogP contribution >= 0.6 is 23.2 Å². The van der Waals surface area contributed by atoms with E-state index in [9.17, 15) is 4.79 Å². The molecule has 180 valence electrons. The van der Waals surface area contributed by atoms with Crippen LogP contribution in [0.4, 0.5) is 5.82 Å². The number of fused-ring (bicyclic) bond motifs is 2. The number of rotatable bonds is 6. The number of aromatic nitrogens is 3. The third-order valence-corrected chi connectivity index (χ3v) is 6.32. The second-order valence-electron chi connectivity index (χ2n) is 7.91. The number of nitrogen functional groups attached to an aromatic ring is 1. The van der Waals surface area contributed by atoms with Gasteiger partial charge in [-0.05, 0) is 47.5 Å². The van der Waals surface area contributed by atoms with Crippen molar-refractivity contribution in [3.05, 3.63) is 93.5 Å². The lowest BCUT2D eigenvalue weighted by Gasteiger charge is -2.06. The largest absolute Gasteiger partial charge is 0.497 e. The molecule has 8 nitrogen and oxygen atoms in total. The average Bonchev–Trinajstić information content (AvgIpc) is 3.16. The van der Waals surface area contributed by atoms with Gasteiger partial charge in [-0.25, -0.2) is 9.97 Å². The minimum Gasteiger partial charge on any atom is -0.497 e. The first-order valence-electron chi connectivity index (χ1n) is 10.9. The number of para-hydroxylation sites is 2. The summed E-state index contributed by atoms with van der Waals surface area (Å²) in [4.78, 5) is 22.7. The van der Waals surface area contributed by atoms with Crippen molar-refractivity contribution in [3.8, 4) is 5.75 Å². The van der Waals surface area contributed by atoms with Crippen LogP contribution in [0, 0.1) is 0 Å². The number of nitrogens with two attached hydrogens (primary N) is 1. The molecule has 5 rings (SSSR count). The molecule has 0 fully saturated rings. The molecule has 0 radical (unpaired) electrons. The molecule has 0 unspecified atom stereocenters. The monoisotopic (exact) mass is 518 g/mol. The predicted molar refractivity (Wildman–Crippen MR) is 143 cm³/mol. The van der Waals surface area contributed by atoms with Crippen molar-refractivity contribution >= 4 is 63.3 Å². The molecule has 0 atom stereocenters. The van der Waals surface area contributed by atoms with Gasteiger partial charge in [0.15, 0.2) is 5.65 Å². The van der Waals surface area contributed by atoms with Crippen molar-refractivity contribution in [3.63, 3.8) is 0 Å². The lowest BCUT2D eigenvalue weighted by atomic mass is 10.2. The fourth-order valence-corrected chi connectivity index (χ4v) is 4.03. The number of benzene rings is 3. The van der Waals surface area contributed by atoms with Crippen LogP contribution < -0.4 is 15.8 Å². The van der Waals surface area contributed by atoms with Gasteiger partial charge in [-0.1, -0.05) is 53.5 Å². The number of anilines is 1. The summed E-state index contributed by atoms with van der Waals surface area (Å²) in [6, 6.07) is 19.9. The first-order valence-corrected chi connectivity index (χ1v) is 11.7. The molecule has 10 heteroatoms. The van der Waals surface area contributed by atoms with Gasteiger partial charge in [0.05, 0.1) is 34.4 Å². The normalized spacial score (nSPS) is 11.4. The smallest absolute Gasteiger partial charge is 0.257 e. The van der Waals surface area contributed by atoms with Gasteiger partial charge in [0, 0.05) is 6.54 Å². The minimum absolute atomic E-state index is 0.115. The number of carbonyl (C=O) groups excluding carboxylic acids is 1. The number of hydrogen-bond acceptors (Lipinski definition) is 6. The Balaban J connectivity index is 1.55. The maximum absolute atomic E-state index is 13.3. The van der Waals surface area contributed by atoms with Gasteiger partial charge < -0.3 is 15.8 Å². The van der Waals surface area contributed by atoms with E-state index < -0.39 is 0 Å². The van der Waals surface area contributed by atoms with Crippen LogP contribution in [0.3, 0.4) is 0 Å². The summed E-state index contributed by atoms with van der Waals surface area (Å²) in [5.41, 5.74) is 10.2. The Morgan fingerprint density at radius 1 is 1.06 bits per heavy atom. The molecule has 0 aliphatic rings. The van der Waals surface area contributed by atoms with E-state index in [-0.39, 0.29) is 17.3 Å². The number of amides is 1. The highest BCUT2D eigenvalue weighted by Crippen LogP contribution is 2.28. The van der Waals surface area contributed by atoms with Gasteiger partial charge in [-0.15, -0.1) is 0 Å². The van der Waals surface area contributed by atoms with E-state index >= 15 is 0 Å². The van der Waals surface area contributed by atoms with E-state index in [1.807, 2.05) is 48.5 Å². The summed E-state index contributed by atoms with van der Waals surface area (Å²) in [6.07, 6.45) is 1.56. The molecule has 0 bridgehead atoms. The van der Waals surface area contributed by atoms with Crippen LogP contribution in [0.25, 0.3) is 22.2 Å². The second-order valence-corrected chi connectivity index (χ2v) is 8.72. The van der Waals surface area contributed by atoms with Gasteiger partial charge in [-0.3, -0.25) is 4.79 Å². The summed E-state index contributed by atoms with van der Waals surface area (Å²) < 4.78 is 6.59. The Hall–Kier alpha value is -4.14. The van der Waals surface area contributed by atoms with E-state index in [4.69, 9.17) is 33.7 Å². The fourth-order valence-electron chi connectivity index (χ4n) is 3.72. The molecule has 0 saturated heterocycles. The predicted octanol–water partition coefficient (Wildman–Crippen LogP) is 5.29. The van der Waals surface area contributed by atoms with Crippen LogP contribution in [0.15, 0.2) is 71.8 Å². The highest BCUT2D eigenvalue weighted by Gasteiger charge is 2.24. The Bertz CT molecular complexity index is 1630. The molecule has 0 aliphatic carbocycles. The standard InChI is InChI=1S/C26H20Cl2N6O2/c1-36-17-9-6-15(7-10-17)13-30-26(35)22-23-25(33-21-5-3-2-4-20(21)32-23)34(24(22)29)31-14-16-8-11-18(27)19(28)12-16/h2-12,14H,13,29H2,1H3,(H,30,35). The van der Waals surface area contributed by atoms with Gasteiger partial charge in [0.2, 0.25) is 0 Å². The Morgan fingerprint density at radius 3 is 2.47 bits per heavy atom. The number of methoxy groups -OCH3 is 1. The molecule has 1 amide bonds. The molecular formula is C26H20Cl2N6O2. The molecule has 0 aliphatic heterocycles. The molecule has 3 N–H and O–H groups in total. The summed E-state index contributed by atoms with van der Waals surface area (Å²) in [7, 11) is 1.60. The summed E-state index contributed by atoms with van der Waals surface area (Å²) in [6.45, 7) is 0.294. The Labute approximate surface area is 216 Å². The van der Waals surface area contributed by atoms with Crippen molar-refractivity contribution in [2.45, 2.75) is 6.54 Å². The molecule has 0 spiro atoms. The minimum atomic E-state index is -0.388. The number of halogens is 2. The summed E-state index contributed by atoms with van der Waals surface area (Å²) in [5, 5.41) is 8.24. The molecule has 0 saturated carbocycles. The van der Waals surface area contributed by atoms with Crippen LogP contribution in [0.2, 0.25) is 10.0 Å². The molecule has 36 heavy (non-hydrogen) atoms. The van der Waals surface area contributed by atoms with Crippen molar-refractivity contribution < 1.29 is 9.53 Å². The fraction of sp³-hybridized carbons (Fsp3) is 0.0769. The molecule has 2 heterocycles. The van der Waals surface area contributed by atoms with E-state index in [2.05, 4.69) is 20.4 Å².